The van der Waals surface area contributed by atoms with Gasteiger partial charge in [0.2, 0.25) is 0 Å². The third-order valence-corrected chi connectivity index (χ3v) is 4.04. The maximum absolute atomic E-state index is 5.61. The number of aromatic nitrogens is 1. The fourth-order valence-electron chi connectivity index (χ4n) is 1.82. The van der Waals surface area contributed by atoms with Crippen molar-refractivity contribution in [3.8, 4) is 0 Å². The second-order valence-electron chi connectivity index (χ2n) is 4.93. The van der Waals surface area contributed by atoms with Crippen molar-refractivity contribution in [3.05, 3.63) is 15.6 Å². The molecule has 98 valence electrons. The lowest BCUT2D eigenvalue weighted by Crippen LogP contribution is -2.47. The summed E-state index contributed by atoms with van der Waals surface area (Å²) in [5, 5.41) is 4.69. The van der Waals surface area contributed by atoms with Crippen molar-refractivity contribution in [2.24, 2.45) is 0 Å². The predicted octanol–water partition coefficient (Wildman–Crippen LogP) is 3.01. The molecule has 1 rings (SSSR count). The molecule has 0 aliphatic rings. The first-order chi connectivity index (χ1) is 7.89. The van der Waals surface area contributed by atoms with Gasteiger partial charge < -0.3 is 10.1 Å². The molecule has 0 bridgehead atoms. The minimum absolute atomic E-state index is 0.187. The smallest absolute Gasteiger partial charge is 0.115 e. The van der Waals surface area contributed by atoms with Crippen LogP contribution in [0.1, 0.15) is 43.3 Å². The molecule has 1 aromatic heterocycles. The van der Waals surface area contributed by atoms with Gasteiger partial charge in [0.1, 0.15) is 5.01 Å². The normalized spacial score (nSPS) is 15.2. The first-order valence-electron chi connectivity index (χ1n) is 6.19. The number of nitrogens with zero attached hydrogens (tertiary/aromatic N) is 1. The number of nitrogens with one attached hydrogen (secondary N) is 1. The standard InChI is InChI=1S/C13H24N2OS/c1-7-16-8-13(6,15-9(2)3)12-14-10(4)11(5)17-12/h9,15H,7-8H2,1-6H3. The first-order valence-corrected chi connectivity index (χ1v) is 7.00. The van der Waals surface area contributed by atoms with Crippen molar-refractivity contribution in [1.82, 2.24) is 10.3 Å². The Balaban J connectivity index is 2.95. The molecule has 1 heterocycles. The first kappa shape index (κ1) is 14.6. The van der Waals surface area contributed by atoms with Crippen molar-refractivity contribution < 1.29 is 4.74 Å². The summed E-state index contributed by atoms with van der Waals surface area (Å²) >= 11 is 1.76. The van der Waals surface area contributed by atoms with Crippen molar-refractivity contribution in [2.45, 2.75) is 53.1 Å². The summed E-state index contributed by atoms with van der Waals surface area (Å²) in [5.74, 6) is 0. The Labute approximate surface area is 109 Å². The Hall–Kier alpha value is -0.450. The van der Waals surface area contributed by atoms with E-state index in [2.05, 4.69) is 44.9 Å². The van der Waals surface area contributed by atoms with Gasteiger partial charge >= 0.3 is 0 Å². The van der Waals surface area contributed by atoms with Crippen LogP contribution in [0.3, 0.4) is 0 Å². The summed E-state index contributed by atoms with van der Waals surface area (Å²) in [6.45, 7) is 14.1. The van der Waals surface area contributed by atoms with Gasteiger partial charge in [0.05, 0.1) is 17.8 Å². The summed E-state index contributed by atoms with van der Waals surface area (Å²) in [6, 6.07) is 0.407. The fraction of sp³-hybridized carbons (Fsp3) is 0.769. The lowest BCUT2D eigenvalue weighted by atomic mass is 10.0. The summed E-state index contributed by atoms with van der Waals surface area (Å²) in [6.07, 6.45) is 0. The summed E-state index contributed by atoms with van der Waals surface area (Å²) in [5.41, 5.74) is 0.937. The van der Waals surface area contributed by atoms with E-state index in [4.69, 9.17) is 4.74 Å². The molecule has 0 fully saturated rings. The van der Waals surface area contributed by atoms with Crippen molar-refractivity contribution in [2.75, 3.05) is 13.2 Å². The van der Waals surface area contributed by atoms with Crippen molar-refractivity contribution in [1.29, 1.82) is 0 Å². The summed E-state index contributed by atoms with van der Waals surface area (Å²) in [7, 11) is 0. The molecule has 0 amide bonds. The van der Waals surface area contributed by atoms with Gasteiger partial charge in [0.25, 0.3) is 0 Å². The van der Waals surface area contributed by atoms with E-state index in [0.29, 0.717) is 12.6 Å². The number of rotatable bonds is 6. The Morgan fingerprint density at radius 2 is 2.06 bits per heavy atom. The van der Waals surface area contributed by atoms with Crippen LogP contribution in [0.2, 0.25) is 0 Å². The van der Waals surface area contributed by atoms with Gasteiger partial charge in [-0.25, -0.2) is 4.98 Å². The molecular formula is C13H24N2OS. The lowest BCUT2D eigenvalue weighted by molar-refractivity contribution is 0.0787. The lowest BCUT2D eigenvalue weighted by Gasteiger charge is -2.30. The highest BCUT2D eigenvalue weighted by molar-refractivity contribution is 7.11. The van der Waals surface area contributed by atoms with Crippen LogP contribution >= 0.6 is 11.3 Å². The summed E-state index contributed by atoms with van der Waals surface area (Å²) in [4.78, 5) is 5.95. The van der Waals surface area contributed by atoms with Crippen LogP contribution < -0.4 is 5.32 Å². The number of thiazole rings is 1. The average molecular weight is 256 g/mol. The van der Waals surface area contributed by atoms with E-state index in [-0.39, 0.29) is 5.54 Å². The van der Waals surface area contributed by atoms with Gasteiger partial charge in [-0.15, -0.1) is 11.3 Å². The Morgan fingerprint density at radius 3 is 2.47 bits per heavy atom. The number of hydrogen-bond acceptors (Lipinski definition) is 4. The topological polar surface area (TPSA) is 34.1 Å². The molecule has 1 atom stereocenters. The Bertz CT molecular complexity index is 343. The molecule has 4 heteroatoms. The Morgan fingerprint density at radius 1 is 1.41 bits per heavy atom. The second-order valence-corrected chi connectivity index (χ2v) is 6.13. The van der Waals surface area contributed by atoms with Gasteiger partial charge in [-0.3, -0.25) is 0 Å². The molecule has 0 saturated heterocycles. The molecule has 0 saturated carbocycles. The van der Waals surface area contributed by atoms with E-state index in [1.165, 1.54) is 4.88 Å². The molecule has 1 aromatic rings. The number of hydrogen-bond donors (Lipinski definition) is 1. The molecule has 0 aliphatic heterocycles. The minimum Gasteiger partial charge on any atom is -0.379 e. The van der Waals surface area contributed by atoms with Crippen LogP contribution in [0, 0.1) is 13.8 Å². The second kappa shape index (κ2) is 5.94. The van der Waals surface area contributed by atoms with E-state index in [1.54, 1.807) is 11.3 Å². The van der Waals surface area contributed by atoms with E-state index < -0.39 is 0 Å². The fourth-order valence-corrected chi connectivity index (χ4v) is 2.83. The van der Waals surface area contributed by atoms with E-state index in [9.17, 15) is 0 Å². The van der Waals surface area contributed by atoms with E-state index in [0.717, 1.165) is 17.3 Å². The largest absolute Gasteiger partial charge is 0.379 e. The van der Waals surface area contributed by atoms with Crippen LogP contribution in [0.15, 0.2) is 0 Å². The Kier molecular flexibility index (Phi) is 5.10. The highest BCUT2D eigenvalue weighted by Gasteiger charge is 2.31. The molecule has 0 spiro atoms. The molecule has 0 radical (unpaired) electrons. The van der Waals surface area contributed by atoms with Gasteiger partial charge in [-0.05, 0) is 41.5 Å². The molecule has 0 aromatic carbocycles. The van der Waals surface area contributed by atoms with Crippen molar-refractivity contribution >= 4 is 11.3 Å². The van der Waals surface area contributed by atoms with Crippen LogP contribution in [0.5, 0.6) is 0 Å². The maximum atomic E-state index is 5.61. The van der Waals surface area contributed by atoms with Gasteiger partial charge in [0, 0.05) is 17.5 Å². The van der Waals surface area contributed by atoms with Gasteiger partial charge in [0.15, 0.2) is 0 Å². The van der Waals surface area contributed by atoms with Crippen molar-refractivity contribution in [3.63, 3.8) is 0 Å². The zero-order valence-corrected chi connectivity index (χ0v) is 12.6. The maximum Gasteiger partial charge on any atom is 0.115 e. The minimum atomic E-state index is -0.187. The molecular weight excluding hydrogens is 232 g/mol. The summed E-state index contributed by atoms with van der Waals surface area (Å²) < 4.78 is 5.61. The SMILES string of the molecule is CCOCC(C)(NC(C)C)c1nc(C)c(C)s1. The monoisotopic (exact) mass is 256 g/mol. The average Bonchev–Trinajstić information content (AvgIpc) is 2.56. The third kappa shape index (κ3) is 3.76. The third-order valence-electron chi connectivity index (χ3n) is 2.70. The van der Waals surface area contributed by atoms with Crippen LogP contribution in [-0.2, 0) is 10.3 Å². The molecule has 1 unspecified atom stereocenters. The molecule has 17 heavy (non-hydrogen) atoms. The van der Waals surface area contributed by atoms with Crippen LogP contribution in [-0.4, -0.2) is 24.2 Å². The van der Waals surface area contributed by atoms with Gasteiger partial charge in [-0.1, -0.05) is 0 Å². The quantitative estimate of drug-likeness (QED) is 0.849. The predicted molar refractivity (Wildman–Crippen MR) is 73.7 cm³/mol. The molecule has 3 nitrogen and oxygen atoms in total. The highest BCUT2D eigenvalue weighted by Crippen LogP contribution is 2.28. The highest BCUT2D eigenvalue weighted by atomic mass is 32.1. The van der Waals surface area contributed by atoms with E-state index >= 15 is 0 Å². The number of ether oxygens (including phenoxy) is 1. The molecule has 0 aliphatic carbocycles. The molecule has 1 N–H and O–H groups in total. The zero-order chi connectivity index (χ0) is 13.1. The number of aryl methyl sites for hydroxylation is 2. The van der Waals surface area contributed by atoms with E-state index in [1.807, 2.05) is 6.92 Å². The van der Waals surface area contributed by atoms with Gasteiger partial charge in [-0.2, -0.15) is 0 Å². The van der Waals surface area contributed by atoms with Crippen LogP contribution in [0.4, 0.5) is 0 Å². The zero-order valence-electron chi connectivity index (χ0n) is 11.8. The van der Waals surface area contributed by atoms with Crippen LogP contribution in [0.25, 0.3) is 0 Å².